The molecule has 0 saturated heterocycles. The van der Waals surface area contributed by atoms with E-state index in [4.69, 9.17) is 11.6 Å². The van der Waals surface area contributed by atoms with E-state index in [0.717, 1.165) is 0 Å². The number of halogens is 2. The van der Waals surface area contributed by atoms with Gasteiger partial charge >= 0.3 is 0 Å². The van der Waals surface area contributed by atoms with Gasteiger partial charge in [0.2, 0.25) is 5.88 Å². The number of pyridine rings is 1. The summed E-state index contributed by atoms with van der Waals surface area (Å²) >= 11 is 5.91. The first-order valence-electron chi connectivity index (χ1n) is 5.14. The van der Waals surface area contributed by atoms with Crippen molar-refractivity contribution in [1.29, 1.82) is 0 Å². The highest BCUT2D eigenvalue weighted by molar-refractivity contribution is 6.32. The minimum absolute atomic E-state index is 0.0121. The van der Waals surface area contributed by atoms with Crippen molar-refractivity contribution in [1.82, 2.24) is 14.5 Å². The zero-order valence-electron chi connectivity index (χ0n) is 9.01. The maximum Gasteiger partial charge on any atom is 0.212 e. The molecular weight excluding hydrogens is 257 g/mol. The van der Waals surface area contributed by atoms with Gasteiger partial charge in [-0.1, -0.05) is 17.7 Å². The van der Waals surface area contributed by atoms with Crippen molar-refractivity contribution in [3.05, 3.63) is 47.5 Å². The molecule has 0 atom stereocenters. The van der Waals surface area contributed by atoms with Gasteiger partial charge in [0, 0.05) is 6.07 Å². The number of hydrogen-bond donors (Lipinski definition) is 1. The van der Waals surface area contributed by atoms with Crippen molar-refractivity contribution in [3.8, 4) is 11.6 Å². The zero-order valence-corrected chi connectivity index (χ0v) is 9.76. The highest BCUT2D eigenvalue weighted by Crippen LogP contribution is 2.26. The molecule has 3 rings (SSSR count). The molecule has 6 heteroatoms. The molecule has 3 aromatic rings. The summed E-state index contributed by atoms with van der Waals surface area (Å²) in [7, 11) is 0. The Hall–Kier alpha value is -2.14. The molecule has 0 spiro atoms. The Morgan fingerprint density at radius 1 is 1.22 bits per heavy atom. The van der Waals surface area contributed by atoms with Crippen LogP contribution in [0.1, 0.15) is 0 Å². The fourth-order valence-corrected chi connectivity index (χ4v) is 1.96. The van der Waals surface area contributed by atoms with Gasteiger partial charge in [0.15, 0.2) is 5.65 Å². The topological polar surface area (TPSA) is 50.9 Å². The van der Waals surface area contributed by atoms with E-state index >= 15 is 0 Å². The highest BCUT2D eigenvalue weighted by atomic mass is 35.5. The number of aromatic nitrogens is 3. The van der Waals surface area contributed by atoms with E-state index in [2.05, 4.69) is 9.97 Å². The lowest BCUT2D eigenvalue weighted by Crippen LogP contribution is -1.96. The van der Waals surface area contributed by atoms with Gasteiger partial charge < -0.3 is 5.11 Å². The molecular formula is C12H7ClFN3O. The Balaban J connectivity index is 2.32. The molecule has 18 heavy (non-hydrogen) atoms. The highest BCUT2D eigenvalue weighted by Gasteiger charge is 2.12. The van der Waals surface area contributed by atoms with E-state index in [1.807, 2.05) is 0 Å². The number of fused-ring (bicyclic) bond motifs is 1. The molecule has 90 valence electrons. The molecule has 1 N–H and O–H groups in total. The summed E-state index contributed by atoms with van der Waals surface area (Å²) < 4.78 is 14.9. The Morgan fingerprint density at radius 3 is 2.89 bits per heavy atom. The van der Waals surface area contributed by atoms with Crippen LogP contribution in [0.25, 0.3) is 16.9 Å². The van der Waals surface area contributed by atoms with Gasteiger partial charge in [-0.3, -0.25) is 4.57 Å². The number of aromatic hydroxyl groups is 1. The average Bonchev–Trinajstić information content (AvgIpc) is 2.75. The van der Waals surface area contributed by atoms with Crippen LogP contribution in [0, 0.1) is 5.82 Å². The summed E-state index contributed by atoms with van der Waals surface area (Å²) in [5.41, 5.74) is 1.44. The molecule has 0 bridgehead atoms. The van der Waals surface area contributed by atoms with Crippen LogP contribution in [0.3, 0.4) is 0 Å². The molecule has 0 fully saturated rings. The predicted molar refractivity (Wildman–Crippen MR) is 65.5 cm³/mol. The summed E-state index contributed by atoms with van der Waals surface area (Å²) in [4.78, 5) is 8.07. The number of hydrogen-bond acceptors (Lipinski definition) is 3. The summed E-state index contributed by atoms with van der Waals surface area (Å²) in [5, 5.41) is 9.37. The van der Waals surface area contributed by atoms with E-state index < -0.39 is 5.82 Å². The lowest BCUT2D eigenvalue weighted by molar-refractivity contribution is 0.455. The van der Waals surface area contributed by atoms with Crippen molar-refractivity contribution in [2.75, 3.05) is 0 Å². The number of imidazole rings is 1. The summed E-state index contributed by atoms with van der Waals surface area (Å²) in [6.45, 7) is 0. The fraction of sp³-hybridized carbons (Fsp3) is 0. The van der Waals surface area contributed by atoms with Gasteiger partial charge in [-0.05, 0) is 18.2 Å². The molecule has 0 saturated carbocycles. The molecule has 0 aliphatic carbocycles. The third kappa shape index (κ3) is 1.60. The number of nitrogens with zero attached hydrogens (tertiary/aromatic N) is 3. The molecule has 0 unspecified atom stereocenters. The van der Waals surface area contributed by atoms with Crippen molar-refractivity contribution in [2.45, 2.75) is 0 Å². The molecule has 2 heterocycles. The van der Waals surface area contributed by atoms with Crippen LogP contribution in [0.2, 0.25) is 5.02 Å². The molecule has 1 aromatic carbocycles. The van der Waals surface area contributed by atoms with Crippen LogP contribution in [0.4, 0.5) is 4.39 Å². The minimum Gasteiger partial charge on any atom is -0.493 e. The van der Waals surface area contributed by atoms with Crippen LogP contribution in [-0.4, -0.2) is 19.6 Å². The fourth-order valence-electron chi connectivity index (χ4n) is 1.74. The van der Waals surface area contributed by atoms with Crippen LogP contribution in [-0.2, 0) is 0 Å². The van der Waals surface area contributed by atoms with Crippen molar-refractivity contribution in [2.24, 2.45) is 0 Å². The Kier molecular flexibility index (Phi) is 2.41. The summed E-state index contributed by atoms with van der Waals surface area (Å²) in [6.07, 6.45) is 1.48. The van der Waals surface area contributed by atoms with Gasteiger partial charge in [0.05, 0.1) is 5.69 Å². The van der Waals surface area contributed by atoms with Gasteiger partial charge in [-0.25, -0.2) is 9.37 Å². The SMILES string of the molecule is Oc1ccc2ncn(-c3cccc(F)c3Cl)c2n1. The molecule has 4 nitrogen and oxygen atoms in total. The van der Waals surface area contributed by atoms with Crippen molar-refractivity contribution in [3.63, 3.8) is 0 Å². The van der Waals surface area contributed by atoms with Gasteiger partial charge in [-0.2, -0.15) is 4.98 Å². The lowest BCUT2D eigenvalue weighted by atomic mass is 10.3. The smallest absolute Gasteiger partial charge is 0.212 e. The number of rotatable bonds is 1. The Bertz CT molecular complexity index is 741. The lowest BCUT2D eigenvalue weighted by Gasteiger charge is -2.06. The molecule has 0 radical (unpaired) electrons. The van der Waals surface area contributed by atoms with E-state index in [1.165, 1.54) is 23.0 Å². The quantitative estimate of drug-likeness (QED) is 0.734. The van der Waals surface area contributed by atoms with E-state index in [1.54, 1.807) is 18.2 Å². The van der Waals surface area contributed by atoms with E-state index in [9.17, 15) is 9.50 Å². The first-order chi connectivity index (χ1) is 8.66. The van der Waals surface area contributed by atoms with Gasteiger partial charge in [0.25, 0.3) is 0 Å². The van der Waals surface area contributed by atoms with Crippen LogP contribution in [0.15, 0.2) is 36.7 Å². The van der Waals surface area contributed by atoms with Gasteiger partial charge in [-0.15, -0.1) is 0 Å². The standard InChI is InChI=1S/C12H7ClFN3O/c13-11-7(14)2-1-3-9(11)17-6-15-8-4-5-10(18)16-12(8)17/h1-6H,(H,16,18). The molecule has 0 aliphatic heterocycles. The van der Waals surface area contributed by atoms with Gasteiger partial charge in [0.1, 0.15) is 22.7 Å². The minimum atomic E-state index is -0.517. The maximum atomic E-state index is 13.4. The Labute approximate surface area is 106 Å². The second-order valence-electron chi connectivity index (χ2n) is 3.70. The van der Waals surface area contributed by atoms with Crippen molar-refractivity contribution < 1.29 is 9.50 Å². The van der Waals surface area contributed by atoms with Crippen LogP contribution >= 0.6 is 11.6 Å². The largest absolute Gasteiger partial charge is 0.493 e. The Morgan fingerprint density at radius 2 is 2.06 bits per heavy atom. The molecule has 2 aromatic heterocycles. The molecule has 0 aliphatic rings. The normalized spacial score (nSPS) is 11.0. The van der Waals surface area contributed by atoms with E-state index in [0.29, 0.717) is 16.9 Å². The van der Waals surface area contributed by atoms with Crippen LogP contribution < -0.4 is 0 Å². The predicted octanol–water partition coefficient (Wildman–Crippen LogP) is 2.92. The van der Waals surface area contributed by atoms with Crippen LogP contribution in [0.5, 0.6) is 5.88 Å². The molecule has 0 amide bonds. The second kappa shape index (κ2) is 3.96. The second-order valence-corrected chi connectivity index (χ2v) is 4.08. The zero-order chi connectivity index (χ0) is 12.7. The third-order valence-electron chi connectivity index (χ3n) is 2.57. The monoisotopic (exact) mass is 263 g/mol. The van der Waals surface area contributed by atoms with E-state index in [-0.39, 0.29) is 10.9 Å². The number of benzene rings is 1. The summed E-state index contributed by atoms with van der Waals surface area (Å²) in [5.74, 6) is -0.645. The maximum absolute atomic E-state index is 13.4. The third-order valence-corrected chi connectivity index (χ3v) is 2.95. The van der Waals surface area contributed by atoms with Crippen molar-refractivity contribution >= 4 is 22.8 Å². The first-order valence-corrected chi connectivity index (χ1v) is 5.52. The summed E-state index contributed by atoms with van der Waals surface area (Å²) in [6, 6.07) is 7.54. The first kappa shape index (κ1) is 11.0. The average molecular weight is 264 g/mol.